The number of phenolic OH excluding ortho intramolecular Hbond substituents is 1. The van der Waals surface area contributed by atoms with Crippen LogP contribution in [-0.4, -0.2) is 56.3 Å². The Labute approximate surface area is 172 Å². The SMILES string of the molecule is CCOc1cc([C@H]2c3sc(=O)[nH]c3SC3C(=O)N(CC(=O)O)C(=O)C32)ccc1O. The smallest absolute Gasteiger partial charge is 0.323 e. The third-order valence-corrected chi connectivity index (χ3v) is 7.25. The number of thioether (sulfide) groups is 1. The van der Waals surface area contributed by atoms with Gasteiger partial charge in [0.1, 0.15) is 11.8 Å². The number of benzene rings is 1. The van der Waals surface area contributed by atoms with E-state index in [9.17, 15) is 24.3 Å². The van der Waals surface area contributed by atoms with Crippen molar-refractivity contribution in [2.45, 2.75) is 23.1 Å². The molecule has 2 unspecified atom stereocenters. The molecular weight excluding hydrogens is 420 g/mol. The summed E-state index contributed by atoms with van der Waals surface area (Å²) < 4.78 is 5.43. The molecule has 0 bridgehead atoms. The number of hydrogen-bond donors (Lipinski definition) is 3. The van der Waals surface area contributed by atoms with E-state index in [2.05, 4.69) is 4.98 Å². The normalized spacial score (nSPS) is 23.1. The molecule has 29 heavy (non-hydrogen) atoms. The quantitative estimate of drug-likeness (QED) is 0.595. The second-order valence-electron chi connectivity index (χ2n) is 6.57. The van der Waals surface area contributed by atoms with Gasteiger partial charge in [-0.15, -0.1) is 0 Å². The van der Waals surface area contributed by atoms with Crippen LogP contribution in [0.5, 0.6) is 11.5 Å². The number of phenols is 1. The average molecular weight is 436 g/mol. The zero-order chi connectivity index (χ0) is 20.9. The molecule has 1 saturated heterocycles. The van der Waals surface area contributed by atoms with Crippen molar-refractivity contribution >= 4 is 40.9 Å². The number of aromatic amines is 1. The number of carboxylic acids is 1. The maximum absolute atomic E-state index is 13.0. The van der Waals surface area contributed by atoms with Gasteiger partial charge in [0.05, 0.1) is 17.6 Å². The van der Waals surface area contributed by atoms with Crippen molar-refractivity contribution in [2.24, 2.45) is 5.92 Å². The number of carboxylic acid groups (broad SMARTS) is 1. The van der Waals surface area contributed by atoms with E-state index >= 15 is 0 Å². The van der Waals surface area contributed by atoms with Crippen LogP contribution in [0.15, 0.2) is 28.0 Å². The summed E-state index contributed by atoms with van der Waals surface area (Å²) in [6.45, 7) is 1.37. The molecule has 3 atom stereocenters. The first-order chi connectivity index (χ1) is 13.8. The van der Waals surface area contributed by atoms with Crippen LogP contribution in [-0.2, 0) is 14.4 Å². The van der Waals surface area contributed by atoms with E-state index in [1.807, 2.05) is 0 Å². The molecule has 2 amide bonds. The van der Waals surface area contributed by atoms with Gasteiger partial charge < -0.3 is 19.9 Å². The molecule has 0 radical (unpaired) electrons. The lowest BCUT2D eigenvalue weighted by atomic mass is 9.83. The lowest BCUT2D eigenvalue weighted by Crippen LogP contribution is -2.36. The summed E-state index contributed by atoms with van der Waals surface area (Å²) in [5.74, 6) is -3.79. The molecule has 11 heteroatoms. The van der Waals surface area contributed by atoms with Crippen LogP contribution in [0.3, 0.4) is 0 Å². The van der Waals surface area contributed by atoms with Crippen molar-refractivity contribution in [2.75, 3.05) is 13.2 Å². The number of fused-ring (bicyclic) bond motifs is 2. The van der Waals surface area contributed by atoms with E-state index in [0.29, 0.717) is 22.1 Å². The Balaban J connectivity index is 1.85. The first-order valence-corrected chi connectivity index (χ1v) is 10.4. The molecule has 0 aliphatic carbocycles. The van der Waals surface area contributed by atoms with Crippen molar-refractivity contribution in [3.63, 3.8) is 0 Å². The van der Waals surface area contributed by atoms with Crippen LogP contribution in [0.1, 0.15) is 23.3 Å². The average Bonchev–Trinajstić information content (AvgIpc) is 3.14. The maximum Gasteiger partial charge on any atom is 0.323 e. The highest BCUT2D eigenvalue weighted by atomic mass is 32.2. The Hall–Kier alpha value is -2.79. The number of hydrogen-bond acceptors (Lipinski definition) is 8. The number of likely N-dealkylation sites (tertiary alicyclic amines) is 1. The van der Waals surface area contributed by atoms with E-state index in [1.165, 1.54) is 6.07 Å². The number of nitrogens with zero attached hydrogens (tertiary/aromatic N) is 1. The fourth-order valence-electron chi connectivity index (χ4n) is 3.72. The highest BCUT2D eigenvalue weighted by molar-refractivity contribution is 8.00. The number of ether oxygens (including phenoxy) is 1. The Morgan fingerprint density at radius 2 is 2.03 bits per heavy atom. The summed E-state index contributed by atoms with van der Waals surface area (Å²) in [5.41, 5.74) is 0.594. The van der Waals surface area contributed by atoms with Gasteiger partial charge in [-0.3, -0.25) is 24.1 Å². The molecule has 3 N–H and O–H groups in total. The molecule has 2 aliphatic heterocycles. The molecule has 1 aromatic heterocycles. The summed E-state index contributed by atoms with van der Waals surface area (Å²) in [7, 11) is 0. The van der Waals surface area contributed by atoms with Crippen LogP contribution in [0.25, 0.3) is 0 Å². The minimum atomic E-state index is -1.28. The van der Waals surface area contributed by atoms with Gasteiger partial charge in [0.15, 0.2) is 11.5 Å². The highest BCUT2D eigenvalue weighted by Crippen LogP contribution is 2.53. The molecular formula is C18H16N2O7S2. The number of H-pyrrole nitrogens is 1. The number of aromatic nitrogens is 1. The van der Waals surface area contributed by atoms with Crippen LogP contribution in [0, 0.1) is 5.92 Å². The molecule has 9 nitrogen and oxygen atoms in total. The summed E-state index contributed by atoms with van der Waals surface area (Å²) in [5, 5.41) is 18.7. The largest absolute Gasteiger partial charge is 0.504 e. The Morgan fingerprint density at radius 3 is 2.72 bits per heavy atom. The van der Waals surface area contributed by atoms with Gasteiger partial charge in [-0.1, -0.05) is 29.2 Å². The fourth-order valence-corrected chi connectivity index (χ4v) is 6.26. The monoisotopic (exact) mass is 436 g/mol. The molecule has 0 saturated carbocycles. The van der Waals surface area contributed by atoms with Crippen LogP contribution >= 0.6 is 23.1 Å². The van der Waals surface area contributed by atoms with Crippen molar-refractivity contribution in [1.82, 2.24) is 9.88 Å². The van der Waals surface area contributed by atoms with Crippen molar-refractivity contribution in [1.29, 1.82) is 0 Å². The van der Waals surface area contributed by atoms with Gasteiger partial charge in [0.2, 0.25) is 11.8 Å². The van der Waals surface area contributed by atoms with Crippen LogP contribution < -0.4 is 9.61 Å². The lowest BCUT2D eigenvalue weighted by Gasteiger charge is -2.30. The van der Waals surface area contributed by atoms with Gasteiger partial charge in [-0.05, 0) is 24.6 Å². The van der Waals surface area contributed by atoms with Crippen LogP contribution in [0.2, 0.25) is 0 Å². The molecule has 0 spiro atoms. The minimum absolute atomic E-state index is 0.0684. The summed E-state index contributed by atoms with van der Waals surface area (Å²) in [6.07, 6.45) is 0. The molecule has 4 rings (SSSR count). The molecule has 2 aromatic rings. The van der Waals surface area contributed by atoms with Crippen LogP contribution in [0.4, 0.5) is 0 Å². The standard InChI is InChI=1S/C18H16N2O7S2/c1-2-27-9-5-7(3-4-8(9)21)11-12-14(28-15-13(11)29-18(26)19-15)17(25)20(16(12)24)6-10(22)23/h3-5,11-12,14,21H,2,6H2,1H3,(H,19,26)(H,22,23)/t11-,12?,14?/m1/s1. The number of amides is 2. The fraction of sp³-hybridized carbons (Fsp3) is 0.333. The number of nitrogens with one attached hydrogen (secondary N) is 1. The third kappa shape index (κ3) is 3.19. The number of carbonyl (C=O) groups excluding carboxylic acids is 2. The van der Waals surface area contributed by atoms with Gasteiger partial charge in [0.25, 0.3) is 0 Å². The molecule has 1 aromatic carbocycles. The van der Waals surface area contributed by atoms with Gasteiger partial charge in [-0.2, -0.15) is 0 Å². The maximum atomic E-state index is 13.0. The second-order valence-corrected chi connectivity index (χ2v) is 8.73. The Morgan fingerprint density at radius 1 is 1.28 bits per heavy atom. The molecule has 3 heterocycles. The van der Waals surface area contributed by atoms with Gasteiger partial charge in [-0.25, -0.2) is 0 Å². The Bertz CT molecular complexity index is 1080. The van der Waals surface area contributed by atoms with E-state index in [0.717, 1.165) is 28.0 Å². The second kappa shape index (κ2) is 7.23. The van der Waals surface area contributed by atoms with E-state index < -0.39 is 41.4 Å². The summed E-state index contributed by atoms with van der Waals surface area (Å²) in [6, 6.07) is 4.63. The number of aliphatic carboxylic acids is 1. The van der Waals surface area contributed by atoms with E-state index in [-0.39, 0.29) is 16.4 Å². The number of imide groups is 1. The Kier molecular flexibility index (Phi) is 4.87. The van der Waals surface area contributed by atoms with E-state index in [4.69, 9.17) is 9.84 Å². The summed E-state index contributed by atoms with van der Waals surface area (Å²) in [4.78, 5) is 52.7. The lowest BCUT2D eigenvalue weighted by molar-refractivity contribution is -0.149. The van der Waals surface area contributed by atoms with Gasteiger partial charge >= 0.3 is 10.8 Å². The van der Waals surface area contributed by atoms with Gasteiger partial charge in [0, 0.05) is 10.8 Å². The molecule has 152 valence electrons. The number of rotatable bonds is 5. The predicted octanol–water partition coefficient (Wildman–Crippen LogP) is 1.22. The summed E-state index contributed by atoms with van der Waals surface area (Å²) >= 11 is 2.03. The first-order valence-electron chi connectivity index (χ1n) is 8.74. The predicted molar refractivity (Wildman–Crippen MR) is 104 cm³/mol. The highest BCUT2D eigenvalue weighted by Gasteiger charge is 2.56. The topological polar surface area (TPSA) is 137 Å². The third-order valence-electron chi connectivity index (χ3n) is 4.85. The first kappa shape index (κ1) is 19.5. The number of thiazole rings is 1. The minimum Gasteiger partial charge on any atom is -0.504 e. The van der Waals surface area contributed by atoms with Crippen molar-refractivity contribution in [3.05, 3.63) is 38.3 Å². The molecule has 2 aliphatic rings. The molecule has 1 fully saturated rings. The van der Waals surface area contributed by atoms with Crippen molar-refractivity contribution in [3.8, 4) is 11.5 Å². The van der Waals surface area contributed by atoms with Crippen molar-refractivity contribution < 1.29 is 29.3 Å². The number of carbonyl (C=O) groups is 3. The number of aromatic hydroxyl groups is 1. The zero-order valence-corrected chi connectivity index (χ0v) is 16.7. The van der Waals surface area contributed by atoms with E-state index in [1.54, 1.807) is 19.1 Å². The zero-order valence-electron chi connectivity index (χ0n) is 15.1.